The average Bonchev–Trinajstić information content (AvgIpc) is 3.02. The van der Waals surface area contributed by atoms with Gasteiger partial charge in [0.1, 0.15) is 18.1 Å². The smallest absolute Gasteiger partial charge is 0.275 e. The van der Waals surface area contributed by atoms with Crippen molar-refractivity contribution in [3.8, 4) is 5.75 Å². The fourth-order valence-electron chi connectivity index (χ4n) is 1.94. The number of benzene rings is 1. The van der Waals surface area contributed by atoms with Gasteiger partial charge >= 0.3 is 0 Å². The topological polar surface area (TPSA) is 85.5 Å². The summed E-state index contributed by atoms with van der Waals surface area (Å²) in [4.78, 5) is 8.38. The van der Waals surface area contributed by atoms with Gasteiger partial charge in [-0.05, 0) is 24.3 Å². The summed E-state index contributed by atoms with van der Waals surface area (Å²) in [6, 6.07) is 8.35. The molecular formula is C15H15N3O4S. The molecule has 0 fully saturated rings. The van der Waals surface area contributed by atoms with E-state index >= 15 is 0 Å². The highest BCUT2D eigenvalue weighted by atomic mass is 32.2. The van der Waals surface area contributed by atoms with Crippen molar-refractivity contribution in [2.24, 2.45) is 0 Å². The van der Waals surface area contributed by atoms with Crippen LogP contribution in [0.5, 0.6) is 5.75 Å². The summed E-state index contributed by atoms with van der Waals surface area (Å²) in [7, 11) is -0.678. The molecule has 0 aliphatic rings. The molecule has 2 aromatic heterocycles. The van der Waals surface area contributed by atoms with Crippen LogP contribution in [0.4, 0.5) is 0 Å². The lowest BCUT2D eigenvalue weighted by Crippen LogP contribution is -2.21. The fraction of sp³-hybridized carbons (Fsp3) is 0.200. The fourth-order valence-corrected chi connectivity index (χ4v) is 2.75. The Bertz CT molecular complexity index is 935. The lowest BCUT2D eigenvalue weighted by atomic mass is 10.3. The number of sulfonamides is 1. The van der Waals surface area contributed by atoms with Gasteiger partial charge in [0.15, 0.2) is 0 Å². The number of rotatable bonds is 5. The van der Waals surface area contributed by atoms with Crippen molar-refractivity contribution in [3.63, 3.8) is 0 Å². The van der Waals surface area contributed by atoms with E-state index in [-0.39, 0.29) is 11.7 Å². The summed E-state index contributed by atoms with van der Waals surface area (Å²) in [5.41, 5.74) is 1.50. The molecule has 8 heteroatoms. The monoisotopic (exact) mass is 333 g/mol. The van der Waals surface area contributed by atoms with E-state index in [4.69, 9.17) is 9.15 Å². The van der Waals surface area contributed by atoms with E-state index in [1.807, 2.05) is 6.07 Å². The Hall–Kier alpha value is -2.45. The van der Waals surface area contributed by atoms with E-state index in [1.54, 1.807) is 30.6 Å². The van der Waals surface area contributed by atoms with Gasteiger partial charge in [-0.3, -0.25) is 9.97 Å². The average molecular weight is 333 g/mol. The Kier molecular flexibility index (Phi) is 4.01. The number of furan rings is 1. The summed E-state index contributed by atoms with van der Waals surface area (Å²) in [5.74, 6) is 1.02. The molecule has 0 aliphatic carbocycles. The highest BCUT2D eigenvalue weighted by Crippen LogP contribution is 2.21. The van der Waals surface area contributed by atoms with Crippen LogP contribution >= 0.6 is 0 Å². The Balaban J connectivity index is 1.74. The van der Waals surface area contributed by atoms with Crippen molar-refractivity contribution in [1.82, 2.24) is 14.3 Å². The van der Waals surface area contributed by atoms with E-state index in [0.29, 0.717) is 11.5 Å². The number of hydrogen-bond donors (Lipinski definition) is 0. The lowest BCUT2D eigenvalue weighted by molar-refractivity contribution is 0.257. The second-order valence-corrected chi connectivity index (χ2v) is 7.09. The molecule has 120 valence electrons. The van der Waals surface area contributed by atoms with Gasteiger partial charge in [0.05, 0.1) is 11.0 Å². The molecule has 0 bridgehead atoms. The first-order chi connectivity index (χ1) is 11.0. The first-order valence-electron chi connectivity index (χ1n) is 6.81. The van der Waals surface area contributed by atoms with E-state index < -0.39 is 10.0 Å². The van der Waals surface area contributed by atoms with Crippen molar-refractivity contribution >= 4 is 21.1 Å². The minimum Gasteiger partial charge on any atom is -0.486 e. The van der Waals surface area contributed by atoms with Crippen molar-refractivity contribution in [1.29, 1.82) is 0 Å². The summed E-state index contributed by atoms with van der Waals surface area (Å²) in [5, 5.41) is -0.106. The second kappa shape index (κ2) is 5.98. The number of nitrogens with zero attached hydrogens (tertiary/aromatic N) is 3. The third kappa shape index (κ3) is 3.17. The second-order valence-electron chi connectivity index (χ2n) is 5.00. The quantitative estimate of drug-likeness (QED) is 0.710. The minimum absolute atomic E-state index is 0.106. The zero-order valence-corrected chi connectivity index (χ0v) is 13.4. The molecule has 3 rings (SSSR count). The molecule has 0 aliphatic heterocycles. The van der Waals surface area contributed by atoms with Crippen LogP contribution in [0.25, 0.3) is 11.0 Å². The van der Waals surface area contributed by atoms with Gasteiger partial charge < -0.3 is 9.15 Å². The molecule has 3 aromatic rings. The first kappa shape index (κ1) is 15.4. The van der Waals surface area contributed by atoms with Crippen molar-refractivity contribution in [2.45, 2.75) is 11.7 Å². The molecule has 0 saturated carbocycles. The molecule has 0 N–H and O–H groups in total. The number of ether oxygens (including phenoxy) is 1. The predicted molar refractivity (Wildman–Crippen MR) is 83.5 cm³/mol. The van der Waals surface area contributed by atoms with Gasteiger partial charge in [-0.2, -0.15) is 0 Å². The maximum atomic E-state index is 11.9. The standard InChI is InChI=1S/C15H15N3O4S/c1-18(2)23(19,20)15-6-4-12(22-15)10-21-11-3-5-13-14(9-11)17-8-7-16-13/h3-9H,10H2,1-2H3. The molecular weight excluding hydrogens is 318 g/mol. The number of aromatic nitrogens is 2. The van der Waals surface area contributed by atoms with E-state index in [0.717, 1.165) is 15.3 Å². The Morgan fingerprint density at radius 1 is 1.09 bits per heavy atom. The van der Waals surface area contributed by atoms with Gasteiger partial charge in [0, 0.05) is 32.6 Å². The summed E-state index contributed by atoms with van der Waals surface area (Å²) >= 11 is 0. The highest BCUT2D eigenvalue weighted by Gasteiger charge is 2.21. The third-order valence-electron chi connectivity index (χ3n) is 3.19. The minimum atomic E-state index is -3.57. The molecule has 0 unspecified atom stereocenters. The molecule has 23 heavy (non-hydrogen) atoms. The molecule has 0 atom stereocenters. The highest BCUT2D eigenvalue weighted by molar-refractivity contribution is 7.88. The van der Waals surface area contributed by atoms with Crippen LogP contribution in [-0.2, 0) is 16.6 Å². The lowest BCUT2D eigenvalue weighted by Gasteiger charge is -2.08. The molecule has 1 aromatic carbocycles. The van der Waals surface area contributed by atoms with Gasteiger partial charge in [-0.15, -0.1) is 0 Å². The predicted octanol–water partition coefficient (Wildman–Crippen LogP) is 2.05. The van der Waals surface area contributed by atoms with Gasteiger partial charge in [-0.1, -0.05) is 0 Å². The number of hydrogen-bond acceptors (Lipinski definition) is 6. The summed E-state index contributed by atoms with van der Waals surface area (Å²) < 4.78 is 35.9. The first-order valence-corrected chi connectivity index (χ1v) is 8.25. The van der Waals surface area contributed by atoms with Crippen molar-refractivity contribution in [2.75, 3.05) is 14.1 Å². The molecule has 7 nitrogen and oxygen atoms in total. The van der Waals surface area contributed by atoms with Crippen LogP contribution < -0.4 is 4.74 Å². The Labute approximate surface area is 133 Å². The Morgan fingerprint density at radius 3 is 2.57 bits per heavy atom. The molecule has 0 radical (unpaired) electrons. The van der Waals surface area contributed by atoms with Crippen LogP contribution in [0.1, 0.15) is 5.76 Å². The summed E-state index contributed by atoms with van der Waals surface area (Å²) in [6.45, 7) is 0.120. The Morgan fingerprint density at radius 2 is 1.83 bits per heavy atom. The largest absolute Gasteiger partial charge is 0.486 e. The van der Waals surface area contributed by atoms with Crippen LogP contribution in [0.15, 0.2) is 52.2 Å². The van der Waals surface area contributed by atoms with E-state index in [9.17, 15) is 8.42 Å². The normalized spacial score (nSPS) is 12.0. The van der Waals surface area contributed by atoms with Crippen LogP contribution in [0.3, 0.4) is 0 Å². The molecule has 2 heterocycles. The van der Waals surface area contributed by atoms with Crippen molar-refractivity contribution in [3.05, 3.63) is 48.5 Å². The SMILES string of the molecule is CN(C)S(=O)(=O)c1ccc(COc2ccc3nccnc3c2)o1. The maximum Gasteiger partial charge on any atom is 0.275 e. The van der Waals surface area contributed by atoms with Gasteiger partial charge in [-0.25, -0.2) is 12.7 Å². The maximum absolute atomic E-state index is 11.9. The van der Waals surface area contributed by atoms with Crippen LogP contribution in [0, 0.1) is 0 Å². The van der Waals surface area contributed by atoms with Crippen molar-refractivity contribution < 1.29 is 17.6 Å². The number of fused-ring (bicyclic) bond motifs is 1. The summed E-state index contributed by atoms with van der Waals surface area (Å²) in [6.07, 6.45) is 3.23. The third-order valence-corrected chi connectivity index (χ3v) is 4.88. The molecule has 0 saturated heterocycles. The van der Waals surface area contributed by atoms with E-state index in [1.165, 1.54) is 20.2 Å². The van der Waals surface area contributed by atoms with Crippen LogP contribution in [-0.4, -0.2) is 36.8 Å². The van der Waals surface area contributed by atoms with Gasteiger partial charge in [0.25, 0.3) is 10.0 Å². The van der Waals surface area contributed by atoms with Crippen LogP contribution in [0.2, 0.25) is 0 Å². The van der Waals surface area contributed by atoms with Gasteiger partial charge in [0.2, 0.25) is 5.09 Å². The zero-order valence-electron chi connectivity index (χ0n) is 12.6. The molecule has 0 spiro atoms. The zero-order chi connectivity index (χ0) is 16.4. The molecule has 0 amide bonds. The van der Waals surface area contributed by atoms with E-state index in [2.05, 4.69) is 9.97 Å².